The van der Waals surface area contributed by atoms with Gasteiger partial charge in [-0.15, -0.1) is 17.9 Å². The van der Waals surface area contributed by atoms with Crippen LogP contribution in [0, 0.1) is 20.8 Å². The summed E-state index contributed by atoms with van der Waals surface area (Å²) in [6.45, 7) is 10.1. The maximum absolute atomic E-state index is 12.7. The lowest BCUT2D eigenvalue weighted by Gasteiger charge is -2.16. The van der Waals surface area contributed by atoms with Crippen LogP contribution in [0.4, 0.5) is 5.13 Å². The number of rotatable bonds is 8. The van der Waals surface area contributed by atoms with Crippen molar-refractivity contribution in [2.75, 3.05) is 18.9 Å². The van der Waals surface area contributed by atoms with E-state index in [1.54, 1.807) is 12.1 Å². The van der Waals surface area contributed by atoms with Crippen molar-refractivity contribution >= 4 is 32.4 Å². The second-order valence-corrected chi connectivity index (χ2v) is 10.2. The van der Waals surface area contributed by atoms with Gasteiger partial charge in [0, 0.05) is 35.9 Å². The Bertz CT molecular complexity index is 1210. The molecule has 0 radical (unpaired) electrons. The first-order chi connectivity index (χ1) is 14.6. The Morgan fingerprint density at radius 2 is 1.94 bits per heavy atom. The van der Waals surface area contributed by atoms with Crippen LogP contribution in [0.1, 0.15) is 17.0 Å². The Hall–Kier alpha value is -2.75. The Balaban J connectivity index is 1.69. The van der Waals surface area contributed by atoms with E-state index in [0.29, 0.717) is 11.7 Å². The lowest BCUT2D eigenvalue weighted by atomic mass is 10.2. The van der Waals surface area contributed by atoms with Gasteiger partial charge in [0.2, 0.25) is 15.9 Å². The molecule has 164 valence electrons. The summed E-state index contributed by atoms with van der Waals surface area (Å²) in [5.74, 6) is -0.448. The van der Waals surface area contributed by atoms with Gasteiger partial charge in [-0.3, -0.25) is 4.79 Å². The minimum Gasteiger partial charge on any atom is -0.345 e. The van der Waals surface area contributed by atoms with Crippen molar-refractivity contribution in [1.82, 2.24) is 13.9 Å². The number of hydrogen-bond acceptors (Lipinski definition) is 5. The van der Waals surface area contributed by atoms with Crippen LogP contribution < -0.4 is 5.32 Å². The van der Waals surface area contributed by atoms with Gasteiger partial charge in [-0.25, -0.2) is 13.4 Å². The Kier molecular flexibility index (Phi) is 6.78. The summed E-state index contributed by atoms with van der Waals surface area (Å²) < 4.78 is 28.5. The topological polar surface area (TPSA) is 84.3 Å². The molecule has 9 heteroatoms. The average molecular weight is 459 g/mol. The Morgan fingerprint density at radius 3 is 2.58 bits per heavy atom. The van der Waals surface area contributed by atoms with Crippen LogP contribution in [0.15, 0.2) is 53.3 Å². The van der Waals surface area contributed by atoms with Crippen LogP contribution >= 0.6 is 11.3 Å². The molecule has 1 N–H and O–H groups in total. The maximum atomic E-state index is 12.7. The lowest BCUT2D eigenvalue weighted by Crippen LogP contribution is -2.34. The van der Waals surface area contributed by atoms with Gasteiger partial charge in [0.05, 0.1) is 17.1 Å². The zero-order valence-corrected chi connectivity index (χ0v) is 19.7. The fourth-order valence-corrected chi connectivity index (χ4v) is 5.12. The lowest BCUT2D eigenvalue weighted by molar-refractivity contribution is -0.116. The molecule has 3 aromatic rings. The number of aromatic nitrogens is 2. The van der Waals surface area contributed by atoms with Crippen molar-refractivity contribution in [3.63, 3.8) is 0 Å². The summed E-state index contributed by atoms with van der Waals surface area (Å²) in [5.41, 5.74) is 4.90. The van der Waals surface area contributed by atoms with Crippen LogP contribution in [0.25, 0.3) is 11.3 Å². The van der Waals surface area contributed by atoms with E-state index in [0.717, 1.165) is 32.5 Å². The smallest absolute Gasteiger partial charge is 0.243 e. The number of allylic oxidation sites excluding steroid dienone is 1. The number of thiazole rings is 1. The molecule has 0 aliphatic carbocycles. The predicted octanol–water partition coefficient (Wildman–Crippen LogP) is 3.98. The minimum absolute atomic E-state index is 0.153. The molecule has 1 aromatic carbocycles. The molecule has 0 saturated heterocycles. The number of hydrogen-bond donors (Lipinski definition) is 1. The van der Waals surface area contributed by atoms with Crippen molar-refractivity contribution in [2.24, 2.45) is 0 Å². The highest BCUT2D eigenvalue weighted by atomic mass is 32.2. The van der Waals surface area contributed by atoms with Gasteiger partial charge < -0.3 is 9.88 Å². The molecular formula is C22H26N4O3S2. The third-order valence-electron chi connectivity index (χ3n) is 5.01. The molecule has 0 bridgehead atoms. The SMILES string of the molecule is C=CCn1c(C)cc(-c2csc(NC(=O)CN(C)S(=O)(=O)c3ccc(C)cc3)n2)c1C. The van der Waals surface area contributed by atoms with E-state index in [1.165, 1.54) is 30.5 Å². The van der Waals surface area contributed by atoms with Crippen LogP contribution in [0.5, 0.6) is 0 Å². The van der Waals surface area contributed by atoms with Gasteiger partial charge >= 0.3 is 0 Å². The molecule has 0 fully saturated rings. The normalized spacial score (nSPS) is 11.6. The van der Waals surface area contributed by atoms with Crippen LogP contribution in [-0.4, -0.2) is 41.8 Å². The maximum Gasteiger partial charge on any atom is 0.243 e. The van der Waals surface area contributed by atoms with Gasteiger partial charge in [0.1, 0.15) is 0 Å². The summed E-state index contributed by atoms with van der Waals surface area (Å²) in [7, 11) is -2.36. The molecule has 7 nitrogen and oxygen atoms in total. The zero-order valence-electron chi connectivity index (χ0n) is 18.0. The second kappa shape index (κ2) is 9.17. The zero-order chi connectivity index (χ0) is 22.8. The molecule has 0 aliphatic rings. The Labute approximate surface area is 187 Å². The van der Waals surface area contributed by atoms with E-state index in [2.05, 4.69) is 27.5 Å². The number of carbonyl (C=O) groups excluding carboxylic acids is 1. The number of amides is 1. The summed E-state index contributed by atoms with van der Waals surface area (Å²) in [6.07, 6.45) is 1.84. The molecule has 0 saturated carbocycles. The van der Waals surface area contributed by atoms with Gasteiger partial charge in [-0.2, -0.15) is 4.31 Å². The van der Waals surface area contributed by atoms with Crippen molar-refractivity contribution in [3.8, 4) is 11.3 Å². The highest BCUT2D eigenvalue weighted by Crippen LogP contribution is 2.30. The summed E-state index contributed by atoms with van der Waals surface area (Å²) in [6, 6.07) is 8.58. The monoisotopic (exact) mass is 458 g/mol. The summed E-state index contributed by atoms with van der Waals surface area (Å²) >= 11 is 1.30. The molecule has 0 atom stereocenters. The number of carbonyl (C=O) groups is 1. The third kappa shape index (κ3) is 4.95. The summed E-state index contributed by atoms with van der Waals surface area (Å²) in [4.78, 5) is 17.1. The minimum atomic E-state index is -3.75. The largest absolute Gasteiger partial charge is 0.345 e. The van der Waals surface area contributed by atoms with Gasteiger partial charge in [-0.05, 0) is 39.0 Å². The van der Waals surface area contributed by atoms with E-state index in [9.17, 15) is 13.2 Å². The second-order valence-electron chi connectivity index (χ2n) is 7.34. The fraction of sp³-hybridized carbons (Fsp3) is 0.273. The molecular weight excluding hydrogens is 432 g/mol. The Morgan fingerprint density at radius 1 is 1.26 bits per heavy atom. The first-order valence-electron chi connectivity index (χ1n) is 9.70. The van der Waals surface area contributed by atoms with Crippen molar-refractivity contribution in [2.45, 2.75) is 32.2 Å². The van der Waals surface area contributed by atoms with Crippen molar-refractivity contribution < 1.29 is 13.2 Å². The number of anilines is 1. The van der Waals surface area contributed by atoms with E-state index in [4.69, 9.17) is 0 Å². The highest BCUT2D eigenvalue weighted by molar-refractivity contribution is 7.89. The number of likely N-dealkylation sites (N-methyl/N-ethyl adjacent to an activating group) is 1. The molecule has 0 aliphatic heterocycles. The van der Waals surface area contributed by atoms with Gasteiger partial charge in [-0.1, -0.05) is 23.8 Å². The van der Waals surface area contributed by atoms with E-state index in [1.807, 2.05) is 32.2 Å². The van der Waals surface area contributed by atoms with Crippen molar-refractivity contribution in [3.05, 3.63) is 65.3 Å². The van der Waals surface area contributed by atoms with E-state index in [-0.39, 0.29) is 11.4 Å². The molecule has 2 heterocycles. The van der Waals surface area contributed by atoms with E-state index < -0.39 is 15.9 Å². The number of benzene rings is 1. The number of sulfonamides is 1. The van der Waals surface area contributed by atoms with Crippen LogP contribution in [0.2, 0.25) is 0 Å². The number of nitrogens with zero attached hydrogens (tertiary/aromatic N) is 3. The highest BCUT2D eigenvalue weighted by Gasteiger charge is 2.23. The average Bonchev–Trinajstić information content (AvgIpc) is 3.27. The molecule has 1 amide bonds. The van der Waals surface area contributed by atoms with Gasteiger partial charge in [0.15, 0.2) is 5.13 Å². The number of aryl methyl sites for hydroxylation is 2. The molecule has 3 rings (SSSR count). The van der Waals surface area contributed by atoms with Crippen LogP contribution in [0.3, 0.4) is 0 Å². The first-order valence-corrected chi connectivity index (χ1v) is 12.0. The molecule has 2 aromatic heterocycles. The fourth-order valence-electron chi connectivity index (χ4n) is 3.26. The quantitative estimate of drug-likeness (QED) is 0.518. The molecule has 0 spiro atoms. The van der Waals surface area contributed by atoms with Gasteiger partial charge in [0.25, 0.3) is 0 Å². The molecule has 31 heavy (non-hydrogen) atoms. The van der Waals surface area contributed by atoms with Crippen LogP contribution in [-0.2, 0) is 21.4 Å². The molecule has 0 unspecified atom stereocenters. The van der Waals surface area contributed by atoms with Crippen molar-refractivity contribution in [1.29, 1.82) is 0 Å². The van der Waals surface area contributed by atoms with E-state index >= 15 is 0 Å². The predicted molar refractivity (Wildman–Crippen MR) is 125 cm³/mol. The standard InChI is InChI=1S/C22H26N4O3S2/c1-6-11-26-16(3)12-19(17(26)4)20-14-30-22(23-20)24-21(27)13-25(5)31(28,29)18-9-7-15(2)8-10-18/h6-10,12,14H,1,11,13H2,2-5H3,(H,23,24,27). The summed E-state index contributed by atoms with van der Waals surface area (Å²) in [5, 5.41) is 5.00. The third-order valence-corrected chi connectivity index (χ3v) is 7.58. The first kappa shape index (κ1) is 22.9. The number of nitrogens with one attached hydrogen (secondary N) is 1.